The molecular weight excluding hydrogens is 514 g/mol. The largest absolute Gasteiger partial charge is 0.437 e. The van der Waals surface area contributed by atoms with Crippen LogP contribution >= 0.6 is 0 Å². The lowest BCUT2D eigenvalue weighted by molar-refractivity contribution is -0.633. The highest BCUT2D eigenvalue weighted by atomic mass is 16.3. The summed E-state index contributed by atoms with van der Waals surface area (Å²) < 4.78 is 11.1. The molecule has 0 saturated carbocycles. The van der Waals surface area contributed by atoms with Crippen molar-refractivity contribution < 1.29 is 8.98 Å². The second-order valence-electron chi connectivity index (χ2n) is 10.8. The van der Waals surface area contributed by atoms with Gasteiger partial charge in [-0.25, -0.2) is 9.55 Å². The van der Waals surface area contributed by atoms with Gasteiger partial charge in [-0.2, -0.15) is 4.57 Å². The molecule has 0 atom stereocenters. The first-order chi connectivity index (χ1) is 20.7. The molecule has 0 fully saturated rings. The Bertz CT molecular complexity index is 2240. The van der Waals surface area contributed by atoms with Gasteiger partial charge in [0.25, 0.3) is 5.82 Å². The van der Waals surface area contributed by atoms with Crippen LogP contribution in [0.25, 0.3) is 72.4 Å². The zero-order valence-corrected chi connectivity index (χ0v) is 23.5. The summed E-state index contributed by atoms with van der Waals surface area (Å²) in [5, 5.41) is 2.10. The topological polar surface area (TPSA) is 34.8 Å². The molecule has 0 spiro atoms. The van der Waals surface area contributed by atoms with Crippen LogP contribution in [-0.4, -0.2) is 9.55 Å². The van der Waals surface area contributed by atoms with Crippen molar-refractivity contribution in [3.8, 4) is 39.3 Å². The van der Waals surface area contributed by atoms with Gasteiger partial charge in [-0.15, -0.1) is 0 Å². The molecule has 0 aliphatic heterocycles. The van der Waals surface area contributed by atoms with Crippen LogP contribution in [0, 0.1) is 6.92 Å². The molecule has 0 radical (unpaired) electrons. The van der Waals surface area contributed by atoms with Gasteiger partial charge in [0.05, 0.1) is 7.05 Å². The SMILES string of the molecule is Cc1ccc2c(oc3ncccc32)c1-c1n(-c2ccc(-c3ccc(-c4ccccc4)cc3)cc2)c2ccccc2[n+]1C. The van der Waals surface area contributed by atoms with E-state index >= 15 is 0 Å². The van der Waals surface area contributed by atoms with Gasteiger partial charge in [0.1, 0.15) is 11.3 Å². The predicted octanol–water partition coefficient (Wildman–Crippen LogP) is 9.06. The van der Waals surface area contributed by atoms with E-state index in [1.165, 1.54) is 22.3 Å². The molecule has 4 nitrogen and oxygen atoms in total. The van der Waals surface area contributed by atoms with E-state index in [-0.39, 0.29) is 0 Å². The number of furan rings is 1. The molecular formula is C38H28N3O+. The molecule has 200 valence electrons. The third kappa shape index (κ3) is 3.76. The number of para-hydroxylation sites is 2. The van der Waals surface area contributed by atoms with Gasteiger partial charge < -0.3 is 4.42 Å². The maximum atomic E-state index is 6.44. The van der Waals surface area contributed by atoms with E-state index in [1.54, 1.807) is 6.20 Å². The van der Waals surface area contributed by atoms with Crippen LogP contribution in [0.15, 0.2) is 138 Å². The Kier molecular flexibility index (Phi) is 5.54. The smallest absolute Gasteiger partial charge is 0.298 e. The Hall–Kier alpha value is -5.48. The maximum Gasteiger partial charge on any atom is 0.298 e. The minimum Gasteiger partial charge on any atom is -0.437 e. The van der Waals surface area contributed by atoms with E-state index in [2.05, 4.69) is 149 Å². The molecule has 0 unspecified atom stereocenters. The fraction of sp³-hybridized carbons (Fsp3) is 0.0526. The van der Waals surface area contributed by atoms with Crippen LogP contribution in [0.3, 0.4) is 0 Å². The molecule has 0 N–H and O–H groups in total. The van der Waals surface area contributed by atoms with Gasteiger partial charge >= 0.3 is 0 Å². The molecule has 8 aromatic rings. The van der Waals surface area contributed by atoms with Crippen LogP contribution in [0.4, 0.5) is 0 Å². The van der Waals surface area contributed by atoms with Crippen molar-refractivity contribution in [3.63, 3.8) is 0 Å². The highest BCUT2D eigenvalue weighted by Crippen LogP contribution is 2.38. The van der Waals surface area contributed by atoms with Crippen LogP contribution in [0.1, 0.15) is 5.56 Å². The number of imidazole rings is 1. The van der Waals surface area contributed by atoms with Crippen LogP contribution < -0.4 is 4.57 Å². The first kappa shape index (κ1) is 24.3. The zero-order valence-electron chi connectivity index (χ0n) is 23.5. The molecule has 8 rings (SSSR count). The maximum absolute atomic E-state index is 6.44. The second kappa shape index (κ2) is 9.57. The Morgan fingerprint density at radius 1 is 0.619 bits per heavy atom. The van der Waals surface area contributed by atoms with E-state index in [0.717, 1.165) is 50.0 Å². The normalized spacial score (nSPS) is 11.6. The number of aromatic nitrogens is 3. The number of rotatable bonds is 4. The third-order valence-corrected chi connectivity index (χ3v) is 8.31. The van der Waals surface area contributed by atoms with Crippen LogP contribution in [-0.2, 0) is 7.05 Å². The average Bonchev–Trinajstić information content (AvgIpc) is 3.57. The summed E-state index contributed by atoms with van der Waals surface area (Å²) in [5.74, 6) is 1.07. The lowest BCUT2D eigenvalue weighted by Gasteiger charge is -2.09. The molecule has 3 aromatic heterocycles. The van der Waals surface area contributed by atoms with Crippen molar-refractivity contribution >= 4 is 33.1 Å². The molecule has 0 aliphatic carbocycles. The van der Waals surface area contributed by atoms with Gasteiger partial charge in [-0.05, 0) is 71.1 Å². The summed E-state index contributed by atoms with van der Waals surface area (Å²) in [6.07, 6.45) is 1.78. The van der Waals surface area contributed by atoms with Gasteiger partial charge in [0.15, 0.2) is 16.6 Å². The Labute approximate surface area is 243 Å². The molecule has 0 saturated heterocycles. The fourth-order valence-electron chi connectivity index (χ4n) is 6.20. The lowest BCUT2D eigenvalue weighted by atomic mass is 10.00. The highest BCUT2D eigenvalue weighted by molar-refractivity contribution is 6.08. The Morgan fingerprint density at radius 3 is 2.00 bits per heavy atom. The van der Waals surface area contributed by atoms with Crippen LogP contribution in [0.5, 0.6) is 0 Å². The van der Waals surface area contributed by atoms with Gasteiger partial charge in [0, 0.05) is 17.0 Å². The predicted molar refractivity (Wildman–Crippen MR) is 171 cm³/mol. The molecule has 0 amide bonds. The van der Waals surface area contributed by atoms with E-state index in [9.17, 15) is 0 Å². The number of aryl methyl sites for hydroxylation is 2. The zero-order chi connectivity index (χ0) is 28.2. The van der Waals surface area contributed by atoms with E-state index in [4.69, 9.17) is 4.42 Å². The highest BCUT2D eigenvalue weighted by Gasteiger charge is 2.30. The first-order valence-corrected chi connectivity index (χ1v) is 14.2. The summed E-state index contributed by atoms with van der Waals surface area (Å²) in [6.45, 7) is 2.15. The first-order valence-electron chi connectivity index (χ1n) is 14.2. The number of benzene rings is 5. The van der Waals surface area contributed by atoms with E-state index in [1.807, 2.05) is 6.07 Å². The number of hydrogen-bond donors (Lipinski definition) is 0. The van der Waals surface area contributed by atoms with Gasteiger partial charge in [0.2, 0.25) is 5.71 Å². The third-order valence-electron chi connectivity index (χ3n) is 8.31. The van der Waals surface area contributed by atoms with Gasteiger partial charge in [-0.1, -0.05) is 91.0 Å². The summed E-state index contributed by atoms with van der Waals surface area (Å²) in [7, 11) is 2.13. The van der Waals surface area contributed by atoms with Crippen molar-refractivity contribution in [1.29, 1.82) is 0 Å². The van der Waals surface area contributed by atoms with Crippen molar-refractivity contribution in [1.82, 2.24) is 9.55 Å². The van der Waals surface area contributed by atoms with Crippen molar-refractivity contribution in [2.45, 2.75) is 6.92 Å². The van der Waals surface area contributed by atoms with Crippen molar-refractivity contribution in [3.05, 3.63) is 139 Å². The molecule has 5 aromatic carbocycles. The average molecular weight is 543 g/mol. The van der Waals surface area contributed by atoms with Crippen molar-refractivity contribution in [2.75, 3.05) is 0 Å². The standard InChI is InChI=1S/C38H28N3O/c1-25-14-23-31-32-11-8-24-39-37(32)42-36(31)35(25)38-40(2)33-12-6-7-13-34(33)41(38)30-21-19-29(20-22-30)28-17-15-27(16-18-28)26-9-4-3-5-10-26/h3-24H,1-2H3/q+1. The number of fused-ring (bicyclic) bond motifs is 4. The molecule has 4 heteroatoms. The van der Waals surface area contributed by atoms with E-state index < -0.39 is 0 Å². The Balaban J connectivity index is 1.29. The second-order valence-corrected chi connectivity index (χ2v) is 10.8. The summed E-state index contributed by atoms with van der Waals surface area (Å²) >= 11 is 0. The van der Waals surface area contributed by atoms with E-state index in [0.29, 0.717) is 5.71 Å². The summed E-state index contributed by atoms with van der Waals surface area (Å²) in [5.41, 5.74) is 12.0. The molecule has 0 bridgehead atoms. The number of hydrogen-bond acceptors (Lipinski definition) is 2. The monoisotopic (exact) mass is 542 g/mol. The quantitative estimate of drug-likeness (QED) is 0.208. The molecule has 0 aliphatic rings. The Morgan fingerprint density at radius 2 is 1.26 bits per heavy atom. The number of pyridine rings is 1. The van der Waals surface area contributed by atoms with Crippen LogP contribution in [0.2, 0.25) is 0 Å². The summed E-state index contributed by atoms with van der Waals surface area (Å²) in [4.78, 5) is 4.51. The molecule has 3 heterocycles. The lowest BCUT2D eigenvalue weighted by Crippen LogP contribution is -2.30. The fourth-order valence-corrected chi connectivity index (χ4v) is 6.20. The van der Waals surface area contributed by atoms with Crippen molar-refractivity contribution in [2.24, 2.45) is 7.05 Å². The molecule has 42 heavy (non-hydrogen) atoms. The minimum absolute atomic E-state index is 0.660. The minimum atomic E-state index is 0.660. The van der Waals surface area contributed by atoms with Gasteiger partial charge in [-0.3, -0.25) is 0 Å². The summed E-state index contributed by atoms with van der Waals surface area (Å²) in [6, 6.07) is 45.1. The number of nitrogens with zero attached hydrogens (tertiary/aromatic N) is 3.